The molecule has 1 rings (SSSR count). The zero-order valence-electron chi connectivity index (χ0n) is 12.4. The lowest BCUT2D eigenvalue weighted by atomic mass is 9.95. The summed E-state index contributed by atoms with van der Waals surface area (Å²) in [6.45, 7) is 10.4. The van der Waals surface area contributed by atoms with Gasteiger partial charge in [0.25, 0.3) is 18.1 Å². The molecule has 2 atom stereocenters. The summed E-state index contributed by atoms with van der Waals surface area (Å²) < 4.78 is 5.09. The van der Waals surface area contributed by atoms with Gasteiger partial charge in [0.1, 0.15) is 0 Å². The van der Waals surface area contributed by atoms with Crippen LogP contribution in [0.4, 0.5) is 0 Å². The van der Waals surface area contributed by atoms with Crippen molar-refractivity contribution in [1.29, 1.82) is 0 Å². The van der Waals surface area contributed by atoms with Crippen LogP contribution < -0.4 is 5.32 Å². The highest BCUT2D eigenvalue weighted by atomic mass is 16.5. The van der Waals surface area contributed by atoms with E-state index in [4.69, 9.17) is 11.3 Å². The highest BCUT2D eigenvalue weighted by molar-refractivity contribution is 5.84. The van der Waals surface area contributed by atoms with Gasteiger partial charge in [0.2, 0.25) is 0 Å². The molecule has 112 valence electrons. The first-order chi connectivity index (χ1) is 9.58. The summed E-state index contributed by atoms with van der Waals surface area (Å²) >= 11 is 0. The molecule has 0 saturated heterocycles. The smallest absolute Gasteiger partial charge is 0.303 e. The third-order valence-corrected chi connectivity index (χ3v) is 3.60. The SMILES string of the molecule is [C-]#[N+][C@@H](CCC)C(OC(C)=O)C(=O)NC1CCCCC1. The van der Waals surface area contributed by atoms with Crippen LogP contribution >= 0.6 is 0 Å². The van der Waals surface area contributed by atoms with Crippen LogP contribution in [0.15, 0.2) is 0 Å². The fourth-order valence-electron chi connectivity index (χ4n) is 2.60. The molecule has 1 aliphatic rings. The molecular weight excluding hydrogens is 256 g/mol. The zero-order valence-corrected chi connectivity index (χ0v) is 12.4. The molecule has 1 unspecified atom stereocenters. The van der Waals surface area contributed by atoms with Crippen molar-refractivity contribution >= 4 is 11.9 Å². The highest BCUT2D eigenvalue weighted by Crippen LogP contribution is 2.19. The summed E-state index contributed by atoms with van der Waals surface area (Å²) in [5.41, 5.74) is 0. The third-order valence-electron chi connectivity index (χ3n) is 3.60. The van der Waals surface area contributed by atoms with Gasteiger partial charge in [-0.25, -0.2) is 6.57 Å². The number of nitrogens with one attached hydrogen (secondary N) is 1. The fraction of sp³-hybridized carbons (Fsp3) is 0.800. The average molecular weight is 280 g/mol. The molecule has 0 radical (unpaired) electrons. The predicted molar refractivity (Wildman–Crippen MR) is 75.9 cm³/mol. The van der Waals surface area contributed by atoms with Crippen molar-refractivity contribution in [3.05, 3.63) is 11.4 Å². The molecule has 0 spiro atoms. The van der Waals surface area contributed by atoms with E-state index < -0.39 is 18.1 Å². The van der Waals surface area contributed by atoms with Gasteiger partial charge in [-0.15, -0.1) is 0 Å². The van der Waals surface area contributed by atoms with Crippen LogP contribution in [0.2, 0.25) is 0 Å². The summed E-state index contributed by atoms with van der Waals surface area (Å²) in [5, 5.41) is 2.94. The van der Waals surface area contributed by atoms with Crippen LogP contribution in [0.25, 0.3) is 4.85 Å². The van der Waals surface area contributed by atoms with E-state index in [1.54, 1.807) is 0 Å². The second-order valence-electron chi connectivity index (χ2n) is 5.36. The standard InChI is InChI=1S/C15H24N2O3/c1-4-8-13(16-3)14(20-11(2)18)15(19)17-12-9-6-5-7-10-12/h12-14H,4-10H2,1-2H3,(H,17,19)/t13-,14?/m0/s1. The minimum absolute atomic E-state index is 0.155. The van der Waals surface area contributed by atoms with Gasteiger partial charge in [-0.05, 0) is 19.3 Å². The van der Waals surface area contributed by atoms with Gasteiger partial charge in [-0.1, -0.05) is 26.2 Å². The van der Waals surface area contributed by atoms with Crippen molar-refractivity contribution in [2.45, 2.75) is 77.0 Å². The highest BCUT2D eigenvalue weighted by Gasteiger charge is 2.36. The van der Waals surface area contributed by atoms with Crippen LogP contribution in [0.5, 0.6) is 0 Å². The van der Waals surface area contributed by atoms with E-state index in [0.29, 0.717) is 6.42 Å². The Labute approximate surface area is 120 Å². The molecule has 0 aromatic rings. The van der Waals surface area contributed by atoms with E-state index in [-0.39, 0.29) is 11.9 Å². The molecule has 0 aromatic heterocycles. The van der Waals surface area contributed by atoms with Gasteiger partial charge in [0.15, 0.2) is 0 Å². The molecule has 1 aliphatic carbocycles. The van der Waals surface area contributed by atoms with E-state index in [1.165, 1.54) is 13.3 Å². The summed E-state index contributed by atoms with van der Waals surface area (Å²) in [7, 11) is 0. The summed E-state index contributed by atoms with van der Waals surface area (Å²) in [4.78, 5) is 26.9. The Morgan fingerprint density at radius 1 is 1.35 bits per heavy atom. The number of carbonyl (C=O) groups excluding carboxylic acids is 2. The van der Waals surface area contributed by atoms with Crippen molar-refractivity contribution in [1.82, 2.24) is 5.32 Å². The zero-order chi connectivity index (χ0) is 15.0. The average Bonchev–Trinajstić information content (AvgIpc) is 2.43. The molecular formula is C15H24N2O3. The van der Waals surface area contributed by atoms with Crippen molar-refractivity contribution in [2.75, 3.05) is 0 Å². The third kappa shape index (κ3) is 5.20. The minimum Gasteiger partial charge on any atom is -0.444 e. The van der Waals surface area contributed by atoms with Crippen molar-refractivity contribution in [3.63, 3.8) is 0 Å². The first kappa shape index (κ1) is 16.5. The first-order valence-electron chi connectivity index (χ1n) is 7.42. The molecule has 0 heterocycles. The Morgan fingerprint density at radius 3 is 2.50 bits per heavy atom. The van der Waals surface area contributed by atoms with E-state index in [1.807, 2.05) is 6.92 Å². The number of ether oxygens (including phenoxy) is 1. The normalized spacial score (nSPS) is 18.6. The monoisotopic (exact) mass is 280 g/mol. The van der Waals surface area contributed by atoms with Crippen LogP contribution in [0.1, 0.15) is 58.8 Å². The van der Waals surface area contributed by atoms with Crippen LogP contribution in [0.3, 0.4) is 0 Å². The van der Waals surface area contributed by atoms with Crippen molar-refractivity contribution in [3.8, 4) is 0 Å². The summed E-state index contributed by atoms with van der Waals surface area (Å²) in [6.07, 6.45) is 5.73. The maximum absolute atomic E-state index is 12.3. The number of amides is 1. The van der Waals surface area contributed by atoms with Gasteiger partial charge >= 0.3 is 5.97 Å². The molecule has 1 amide bonds. The maximum Gasteiger partial charge on any atom is 0.303 e. The number of hydrogen-bond acceptors (Lipinski definition) is 3. The van der Waals surface area contributed by atoms with Gasteiger partial charge in [-0.2, -0.15) is 0 Å². The van der Waals surface area contributed by atoms with E-state index in [0.717, 1.165) is 32.1 Å². The lowest BCUT2D eigenvalue weighted by Gasteiger charge is -2.25. The Hall–Kier alpha value is -1.57. The van der Waals surface area contributed by atoms with Crippen LogP contribution in [-0.4, -0.2) is 30.1 Å². The molecule has 20 heavy (non-hydrogen) atoms. The van der Waals surface area contributed by atoms with Gasteiger partial charge in [-0.3, -0.25) is 9.59 Å². The number of hydrogen-bond donors (Lipinski definition) is 1. The molecule has 0 aromatic carbocycles. The van der Waals surface area contributed by atoms with Crippen molar-refractivity contribution in [2.24, 2.45) is 0 Å². The Kier molecular flexibility index (Phi) is 7.06. The molecule has 5 nitrogen and oxygen atoms in total. The molecule has 0 aliphatic heterocycles. The molecule has 1 saturated carbocycles. The second kappa shape index (κ2) is 8.57. The maximum atomic E-state index is 12.3. The molecule has 5 heteroatoms. The Bertz CT molecular complexity index is 370. The number of carbonyl (C=O) groups is 2. The molecule has 1 fully saturated rings. The fourth-order valence-corrected chi connectivity index (χ4v) is 2.60. The van der Waals surface area contributed by atoms with E-state index >= 15 is 0 Å². The minimum atomic E-state index is -0.980. The van der Waals surface area contributed by atoms with Crippen molar-refractivity contribution < 1.29 is 14.3 Å². The van der Waals surface area contributed by atoms with Crippen LogP contribution in [-0.2, 0) is 14.3 Å². The van der Waals surface area contributed by atoms with Gasteiger partial charge in [0, 0.05) is 19.4 Å². The number of rotatable bonds is 6. The van der Waals surface area contributed by atoms with Gasteiger partial charge < -0.3 is 14.9 Å². The quantitative estimate of drug-likeness (QED) is 0.600. The van der Waals surface area contributed by atoms with Gasteiger partial charge in [0.05, 0.1) is 0 Å². The summed E-state index contributed by atoms with van der Waals surface area (Å²) in [5.74, 6) is -0.833. The lowest BCUT2D eigenvalue weighted by Crippen LogP contribution is -2.48. The van der Waals surface area contributed by atoms with Crippen LogP contribution in [0, 0.1) is 6.57 Å². The largest absolute Gasteiger partial charge is 0.444 e. The van der Waals surface area contributed by atoms with E-state index in [2.05, 4.69) is 10.2 Å². The second-order valence-corrected chi connectivity index (χ2v) is 5.36. The molecule has 0 bridgehead atoms. The number of nitrogens with zero attached hydrogens (tertiary/aromatic N) is 1. The van der Waals surface area contributed by atoms with E-state index in [9.17, 15) is 9.59 Å². The first-order valence-corrected chi connectivity index (χ1v) is 7.42. The Morgan fingerprint density at radius 2 is 2.00 bits per heavy atom. The Balaban J connectivity index is 2.67. The topological polar surface area (TPSA) is 59.8 Å². The molecule has 1 N–H and O–H groups in total. The summed E-state index contributed by atoms with van der Waals surface area (Å²) in [6, 6.07) is -0.435. The number of esters is 1. The predicted octanol–water partition coefficient (Wildman–Crippen LogP) is 2.45. The lowest BCUT2D eigenvalue weighted by molar-refractivity contribution is -0.155.